The van der Waals surface area contributed by atoms with Gasteiger partial charge in [0.2, 0.25) is 0 Å². The fourth-order valence-electron chi connectivity index (χ4n) is 2.80. The maximum absolute atomic E-state index is 6.08. The summed E-state index contributed by atoms with van der Waals surface area (Å²) in [6, 6.07) is 1.40. The summed E-state index contributed by atoms with van der Waals surface area (Å²) in [5, 5.41) is 0. The molecule has 0 amide bonds. The van der Waals surface area contributed by atoms with Crippen molar-refractivity contribution in [3.63, 3.8) is 0 Å². The molecule has 102 valence electrons. The van der Waals surface area contributed by atoms with Gasteiger partial charge in [0.1, 0.15) is 0 Å². The normalized spacial score (nSPS) is 27.4. The quantitative estimate of drug-likeness (QED) is 0.732. The lowest BCUT2D eigenvalue weighted by molar-refractivity contribution is 0.0328. The number of ether oxygens (including phenoxy) is 2. The van der Waals surface area contributed by atoms with Crippen molar-refractivity contribution >= 4 is 0 Å². The average Bonchev–Trinajstić information content (AvgIpc) is 2.30. The Morgan fingerprint density at radius 3 is 2.65 bits per heavy atom. The van der Waals surface area contributed by atoms with Gasteiger partial charge < -0.3 is 15.2 Å². The summed E-state index contributed by atoms with van der Waals surface area (Å²) < 4.78 is 10.5. The monoisotopic (exact) mass is 244 g/mol. The molecule has 3 unspecified atom stereocenters. The third kappa shape index (κ3) is 4.92. The smallest absolute Gasteiger partial charge is 0.0615 e. The minimum Gasteiger partial charge on any atom is -0.383 e. The zero-order valence-corrected chi connectivity index (χ0v) is 11.5. The number of hydrogen-bond donors (Lipinski definition) is 1. The molecule has 17 heavy (non-hydrogen) atoms. The second kappa shape index (κ2) is 8.03. The van der Waals surface area contributed by atoms with Gasteiger partial charge in [-0.3, -0.25) is 4.90 Å². The fraction of sp³-hybridized carbons (Fsp3) is 1.00. The molecule has 0 aromatic rings. The van der Waals surface area contributed by atoms with Crippen molar-refractivity contribution in [2.75, 3.05) is 34.0 Å². The molecule has 4 nitrogen and oxygen atoms in total. The number of nitrogens with zero attached hydrogens (tertiary/aromatic N) is 1. The Morgan fingerprint density at radius 1 is 1.29 bits per heavy atom. The third-order valence-corrected chi connectivity index (χ3v) is 3.68. The van der Waals surface area contributed by atoms with Crippen molar-refractivity contribution in [1.82, 2.24) is 4.90 Å². The van der Waals surface area contributed by atoms with Crippen molar-refractivity contribution < 1.29 is 9.47 Å². The van der Waals surface area contributed by atoms with Crippen LogP contribution >= 0.6 is 0 Å². The van der Waals surface area contributed by atoms with E-state index >= 15 is 0 Å². The molecule has 3 atom stereocenters. The highest BCUT2D eigenvalue weighted by molar-refractivity contribution is 4.84. The minimum atomic E-state index is 0.369. The lowest BCUT2D eigenvalue weighted by Gasteiger charge is -2.39. The number of hydrogen-bond acceptors (Lipinski definition) is 4. The summed E-state index contributed by atoms with van der Waals surface area (Å²) in [5.74, 6) is 0. The van der Waals surface area contributed by atoms with Gasteiger partial charge in [0.05, 0.1) is 13.2 Å². The van der Waals surface area contributed by atoms with Crippen LogP contribution in [0.15, 0.2) is 0 Å². The van der Waals surface area contributed by atoms with Crippen molar-refractivity contribution in [2.24, 2.45) is 5.73 Å². The Kier molecular flexibility index (Phi) is 7.04. The predicted molar refractivity (Wildman–Crippen MR) is 70.2 cm³/mol. The highest BCUT2D eigenvalue weighted by Crippen LogP contribution is 2.23. The Balaban J connectivity index is 2.53. The predicted octanol–water partition coefficient (Wildman–Crippen LogP) is 1.24. The van der Waals surface area contributed by atoms with Crippen molar-refractivity contribution in [3.05, 3.63) is 0 Å². The summed E-state index contributed by atoms with van der Waals surface area (Å²) in [4.78, 5) is 2.51. The van der Waals surface area contributed by atoms with Crippen LogP contribution in [0.25, 0.3) is 0 Å². The number of methoxy groups -OCH3 is 2. The molecule has 0 radical (unpaired) electrons. The molecule has 1 rings (SSSR count). The van der Waals surface area contributed by atoms with Crippen LogP contribution in [0.5, 0.6) is 0 Å². The first kappa shape index (κ1) is 14.9. The van der Waals surface area contributed by atoms with E-state index in [9.17, 15) is 0 Å². The van der Waals surface area contributed by atoms with Gasteiger partial charge in [-0.2, -0.15) is 0 Å². The maximum Gasteiger partial charge on any atom is 0.0615 e. The number of rotatable bonds is 7. The van der Waals surface area contributed by atoms with Gasteiger partial charge in [-0.1, -0.05) is 6.42 Å². The molecule has 0 aromatic heterocycles. The molecule has 1 aliphatic rings. The first-order valence-corrected chi connectivity index (χ1v) is 6.68. The molecule has 1 aliphatic carbocycles. The molecule has 0 aromatic carbocycles. The van der Waals surface area contributed by atoms with E-state index < -0.39 is 0 Å². The molecule has 1 saturated carbocycles. The van der Waals surface area contributed by atoms with E-state index in [1.807, 2.05) is 0 Å². The Labute approximate surface area is 105 Å². The largest absolute Gasteiger partial charge is 0.383 e. The van der Waals surface area contributed by atoms with Crippen LogP contribution in [0, 0.1) is 0 Å². The molecule has 1 fully saturated rings. The SMILES string of the molecule is COCCN(C(C)COC)C1CCCC(N)C1. The fourth-order valence-corrected chi connectivity index (χ4v) is 2.80. The van der Waals surface area contributed by atoms with Gasteiger partial charge in [-0.15, -0.1) is 0 Å². The van der Waals surface area contributed by atoms with Gasteiger partial charge >= 0.3 is 0 Å². The van der Waals surface area contributed by atoms with Crippen molar-refractivity contribution in [1.29, 1.82) is 0 Å². The van der Waals surface area contributed by atoms with E-state index in [0.717, 1.165) is 26.2 Å². The summed E-state index contributed by atoms with van der Waals surface area (Å²) in [5.41, 5.74) is 6.08. The van der Waals surface area contributed by atoms with Gasteiger partial charge in [0.25, 0.3) is 0 Å². The Morgan fingerprint density at radius 2 is 2.06 bits per heavy atom. The highest BCUT2D eigenvalue weighted by Gasteiger charge is 2.27. The first-order valence-electron chi connectivity index (χ1n) is 6.68. The van der Waals surface area contributed by atoms with Crippen LogP contribution in [0.3, 0.4) is 0 Å². The van der Waals surface area contributed by atoms with E-state index in [-0.39, 0.29) is 0 Å². The van der Waals surface area contributed by atoms with E-state index in [1.54, 1.807) is 14.2 Å². The minimum absolute atomic E-state index is 0.369. The Bertz CT molecular complexity index is 202. The lowest BCUT2D eigenvalue weighted by Crippen LogP contribution is -2.49. The van der Waals surface area contributed by atoms with Gasteiger partial charge in [-0.05, 0) is 26.2 Å². The van der Waals surface area contributed by atoms with Crippen LogP contribution in [-0.2, 0) is 9.47 Å². The van der Waals surface area contributed by atoms with E-state index in [4.69, 9.17) is 15.2 Å². The van der Waals surface area contributed by atoms with E-state index in [2.05, 4.69) is 11.8 Å². The highest BCUT2D eigenvalue weighted by atomic mass is 16.5. The molecule has 0 saturated heterocycles. The van der Waals surface area contributed by atoms with Gasteiger partial charge in [0, 0.05) is 38.9 Å². The summed E-state index contributed by atoms with van der Waals surface area (Å²) in [6.07, 6.45) is 4.78. The third-order valence-electron chi connectivity index (χ3n) is 3.68. The summed E-state index contributed by atoms with van der Waals surface area (Å²) in [6.45, 7) is 4.74. The van der Waals surface area contributed by atoms with Gasteiger partial charge in [-0.25, -0.2) is 0 Å². The van der Waals surface area contributed by atoms with Crippen molar-refractivity contribution in [3.8, 4) is 0 Å². The zero-order valence-electron chi connectivity index (χ0n) is 11.5. The van der Waals surface area contributed by atoms with Crippen LogP contribution < -0.4 is 5.73 Å². The molecule has 4 heteroatoms. The van der Waals surface area contributed by atoms with Crippen LogP contribution in [0.4, 0.5) is 0 Å². The number of nitrogens with two attached hydrogens (primary N) is 1. The topological polar surface area (TPSA) is 47.7 Å². The molecular weight excluding hydrogens is 216 g/mol. The van der Waals surface area contributed by atoms with Crippen LogP contribution in [0.2, 0.25) is 0 Å². The maximum atomic E-state index is 6.08. The zero-order chi connectivity index (χ0) is 12.7. The van der Waals surface area contributed by atoms with Crippen LogP contribution in [-0.4, -0.2) is 57.0 Å². The summed E-state index contributed by atoms with van der Waals surface area (Å²) >= 11 is 0. The lowest BCUT2D eigenvalue weighted by atomic mass is 9.90. The second-order valence-electron chi connectivity index (χ2n) is 5.12. The van der Waals surface area contributed by atoms with E-state index in [1.165, 1.54) is 19.3 Å². The molecule has 0 heterocycles. The molecular formula is C13H28N2O2. The average molecular weight is 244 g/mol. The second-order valence-corrected chi connectivity index (χ2v) is 5.12. The molecule has 0 bridgehead atoms. The Hall–Kier alpha value is -0.160. The molecule has 2 N–H and O–H groups in total. The first-order chi connectivity index (χ1) is 8.19. The van der Waals surface area contributed by atoms with Crippen molar-refractivity contribution in [2.45, 2.75) is 50.7 Å². The summed E-state index contributed by atoms with van der Waals surface area (Å²) in [7, 11) is 3.52. The molecule has 0 spiro atoms. The van der Waals surface area contributed by atoms with E-state index in [0.29, 0.717) is 18.1 Å². The molecule has 0 aliphatic heterocycles. The standard InChI is InChI=1S/C13H28N2O2/c1-11(10-17-3)15(7-8-16-2)13-6-4-5-12(14)9-13/h11-13H,4-10,14H2,1-3H3. The van der Waals surface area contributed by atoms with Crippen LogP contribution in [0.1, 0.15) is 32.6 Å². The van der Waals surface area contributed by atoms with Gasteiger partial charge in [0.15, 0.2) is 0 Å².